The number of allylic oxidation sites excluding steroid dienone is 3. The molecule has 0 heterocycles. The molecule has 3 aromatic rings. The maximum Gasteiger partial charge on any atom is 0.255 e. The number of aryl methyl sites for hydroxylation is 1. The molecule has 35 heavy (non-hydrogen) atoms. The van der Waals surface area contributed by atoms with Gasteiger partial charge in [-0.15, -0.1) is 0 Å². The fourth-order valence-electron chi connectivity index (χ4n) is 3.81. The molecule has 2 N–H and O–H groups in total. The van der Waals surface area contributed by atoms with Crippen LogP contribution in [0.3, 0.4) is 0 Å². The fourth-order valence-corrected chi connectivity index (χ4v) is 4.07. The van der Waals surface area contributed by atoms with Crippen LogP contribution >= 0.6 is 11.6 Å². The third-order valence-electron chi connectivity index (χ3n) is 5.82. The number of rotatable bonds is 7. The number of fused-ring (bicyclic) bond motifs is 1. The van der Waals surface area contributed by atoms with Gasteiger partial charge in [-0.25, -0.2) is 0 Å². The van der Waals surface area contributed by atoms with E-state index in [2.05, 4.69) is 29.7 Å². The van der Waals surface area contributed by atoms with Gasteiger partial charge in [0.2, 0.25) is 11.6 Å². The van der Waals surface area contributed by atoms with Crippen LogP contribution in [0.1, 0.15) is 61.1 Å². The standard InChI is InChI=1S/C29H25ClN2O3/c1-3-4-7-21-16-22(15-10-18(21)2)32-29(35)20-13-11-19(12-14-20)17-31-26-25(30)27(33)23-8-5-6-9-24(23)28(26)34/h4-16,31H,3,17H2,1-2H3,(H,32,35)/b7-4-. The third-order valence-corrected chi connectivity index (χ3v) is 6.18. The lowest BCUT2D eigenvalue weighted by molar-refractivity contribution is 0.0974. The summed E-state index contributed by atoms with van der Waals surface area (Å²) in [6, 6.07) is 19.5. The van der Waals surface area contributed by atoms with E-state index in [0.29, 0.717) is 16.7 Å². The number of carbonyl (C=O) groups excluding carboxylic acids is 3. The average molecular weight is 485 g/mol. The van der Waals surface area contributed by atoms with Gasteiger partial charge in [0.25, 0.3) is 5.91 Å². The monoisotopic (exact) mass is 484 g/mol. The van der Waals surface area contributed by atoms with Crippen molar-refractivity contribution >= 4 is 40.8 Å². The number of benzene rings is 3. The summed E-state index contributed by atoms with van der Waals surface area (Å²) in [6.07, 6.45) is 5.08. The average Bonchev–Trinajstić information content (AvgIpc) is 2.88. The van der Waals surface area contributed by atoms with Crippen LogP contribution in [-0.4, -0.2) is 17.5 Å². The van der Waals surface area contributed by atoms with E-state index in [1.165, 1.54) is 0 Å². The van der Waals surface area contributed by atoms with E-state index in [9.17, 15) is 14.4 Å². The first-order valence-corrected chi connectivity index (χ1v) is 11.8. The zero-order chi connectivity index (χ0) is 24.9. The molecule has 1 aliphatic rings. The van der Waals surface area contributed by atoms with E-state index < -0.39 is 0 Å². The summed E-state index contributed by atoms with van der Waals surface area (Å²) in [4.78, 5) is 38.0. The zero-order valence-electron chi connectivity index (χ0n) is 19.5. The Bertz CT molecular complexity index is 1370. The van der Waals surface area contributed by atoms with E-state index >= 15 is 0 Å². The minimum Gasteiger partial charge on any atom is -0.376 e. The van der Waals surface area contributed by atoms with Gasteiger partial charge in [0.05, 0.1) is 0 Å². The molecule has 4 rings (SSSR count). The maximum atomic E-state index is 12.8. The zero-order valence-corrected chi connectivity index (χ0v) is 20.3. The summed E-state index contributed by atoms with van der Waals surface area (Å²) in [5, 5.41) is 5.82. The first-order valence-electron chi connectivity index (χ1n) is 11.4. The van der Waals surface area contributed by atoms with Crippen LogP contribution in [-0.2, 0) is 6.54 Å². The largest absolute Gasteiger partial charge is 0.376 e. The molecule has 0 fully saturated rings. The summed E-state index contributed by atoms with van der Waals surface area (Å²) in [7, 11) is 0. The highest BCUT2D eigenvalue weighted by Gasteiger charge is 2.30. The van der Waals surface area contributed by atoms with E-state index in [1.54, 1.807) is 48.5 Å². The van der Waals surface area contributed by atoms with Gasteiger partial charge >= 0.3 is 0 Å². The Kier molecular flexibility index (Phi) is 7.28. The van der Waals surface area contributed by atoms with Crippen LogP contribution in [0.2, 0.25) is 0 Å². The lowest BCUT2D eigenvalue weighted by atomic mass is 9.92. The summed E-state index contributed by atoms with van der Waals surface area (Å²) >= 11 is 6.20. The van der Waals surface area contributed by atoms with Crippen molar-refractivity contribution in [3.8, 4) is 0 Å². The lowest BCUT2D eigenvalue weighted by Gasteiger charge is -2.19. The molecule has 1 aliphatic carbocycles. The molecule has 176 valence electrons. The molecule has 0 spiro atoms. The van der Waals surface area contributed by atoms with Crippen LogP contribution < -0.4 is 10.6 Å². The number of hydrogen-bond acceptors (Lipinski definition) is 4. The summed E-state index contributed by atoms with van der Waals surface area (Å²) in [5.41, 5.74) is 5.01. The van der Waals surface area contributed by atoms with Crippen LogP contribution in [0.5, 0.6) is 0 Å². The SMILES string of the molecule is CC/C=C\c1cc(NC(=O)c2ccc(CNC3=C(Cl)C(=O)c4ccccc4C3=O)cc2)ccc1C. The molecule has 0 radical (unpaired) electrons. The van der Waals surface area contributed by atoms with Crippen LogP contribution in [0, 0.1) is 6.92 Å². The minimum absolute atomic E-state index is 0.0875. The molecule has 1 amide bonds. The number of ketones is 2. The molecule has 3 aromatic carbocycles. The van der Waals surface area contributed by atoms with Crippen LogP contribution in [0.25, 0.3) is 6.08 Å². The minimum atomic E-state index is -0.374. The van der Waals surface area contributed by atoms with Gasteiger partial charge in [0, 0.05) is 28.9 Å². The highest BCUT2D eigenvalue weighted by molar-refractivity contribution is 6.49. The molecule has 6 heteroatoms. The summed E-state index contributed by atoms with van der Waals surface area (Å²) in [5.74, 6) is -0.900. The smallest absolute Gasteiger partial charge is 0.255 e. The molecule has 0 atom stereocenters. The Morgan fingerprint density at radius 1 is 0.943 bits per heavy atom. The predicted molar refractivity (Wildman–Crippen MR) is 140 cm³/mol. The van der Waals surface area contributed by atoms with Crippen molar-refractivity contribution < 1.29 is 14.4 Å². The van der Waals surface area contributed by atoms with Crippen LogP contribution in [0.15, 0.2) is 83.5 Å². The number of Topliss-reactive ketones (excluding diaryl/α,β-unsaturated/α-hetero) is 2. The number of amides is 1. The lowest BCUT2D eigenvalue weighted by Crippen LogP contribution is -2.28. The second-order valence-electron chi connectivity index (χ2n) is 8.28. The van der Waals surface area contributed by atoms with Crippen molar-refractivity contribution in [2.75, 3.05) is 5.32 Å². The van der Waals surface area contributed by atoms with Crippen molar-refractivity contribution in [3.05, 3.63) is 117 Å². The van der Waals surface area contributed by atoms with Crippen molar-refractivity contribution in [2.45, 2.75) is 26.8 Å². The molecular formula is C29H25ClN2O3. The molecule has 5 nitrogen and oxygen atoms in total. The van der Waals surface area contributed by atoms with Crippen molar-refractivity contribution in [2.24, 2.45) is 0 Å². The highest BCUT2D eigenvalue weighted by atomic mass is 35.5. The van der Waals surface area contributed by atoms with Gasteiger partial charge in [-0.05, 0) is 54.3 Å². The van der Waals surface area contributed by atoms with Gasteiger partial charge in [0.15, 0.2) is 0 Å². The second-order valence-corrected chi connectivity index (χ2v) is 8.66. The normalized spacial score (nSPS) is 13.2. The molecule has 0 saturated carbocycles. The third kappa shape index (κ3) is 5.26. The fraction of sp³-hybridized carbons (Fsp3) is 0.138. The Morgan fingerprint density at radius 2 is 1.63 bits per heavy atom. The number of carbonyl (C=O) groups is 3. The Balaban J connectivity index is 1.42. The van der Waals surface area contributed by atoms with E-state index in [1.807, 2.05) is 25.1 Å². The van der Waals surface area contributed by atoms with E-state index in [-0.39, 0.29) is 34.7 Å². The van der Waals surface area contributed by atoms with Gasteiger partial charge in [-0.2, -0.15) is 0 Å². The first-order chi connectivity index (χ1) is 16.9. The van der Waals surface area contributed by atoms with Gasteiger partial charge in [-0.3, -0.25) is 14.4 Å². The summed E-state index contributed by atoms with van der Waals surface area (Å²) in [6.45, 7) is 4.39. The second kappa shape index (κ2) is 10.5. The number of anilines is 1. The molecular weight excluding hydrogens is 460 g/mol. The molecule has 0 aliphatic heterocycles. The van der Waals surface area contributed by atoms with E-state index in [4.69, 9.17) is 11.6 Å². The van der Waals surface area contributed by atoms with Gasteiger partial charge in [-0.1, -0.05) is 73.1 Å². The number of nitrogens with one attached hydrogen (secondary N) is 2. The quantitative estimate of drug-likeness (QED) is 0.413. The Morgan fingerprint density at radius 3 is 2.31 bits per heavy atom. The van der Waals surface area contributed by atoms with Crippen molar-refractivity contribution in [1.29, 1.82) is 0 Å². The van der Waals surface area contributed by atoms with Crippen molar-refractivity contribution in [3.63, 3.8) is 0 Å². The molecule has 0 saturated heterocycles. The Labute approximate surface area is 209 Å². The molecule has 0 bridgehead atoms. The van der Waals surface area contributed by atoms with Crippen LogP contribution in [0.4, 0.5) is 5.69 Å². The number of halogens is 1. The van der Waals surface area contributed by atoms with Crippen molar-refractivity contribution in [1.82, 2.24) is 5.32 Å². The van der Waals surface area contributed by atoms with E-state index in [0.717, 1.165) is 28.8 Å². The Hall–Kier alpha value is -3.96. The first kappa shape index (κ1) is 24.2. The molecule has 0 unspecified atom stereocenters. The number of hydrogen-bond donors (Lipinski definition) is 2. The topological polar surface area (TPSA) is 75.3 Å². The van der Waals surface area contributed by atoms with Gasteiger partial charge in [0.1, 0.15) is 10.7 Å². The molecule has 0 aromatic heterocycles. The summed E-state index contributed by atoms with van der Waals surface area (Å²) < 4.78 is 0. The highest BCUT2D eigenvalue weighted by Crippen LogP contribution is 2.27. The predicted octanol–water partition coefficient (Wildman–Crippen LogP) is 6.29. The van der Waals surface area contributed by atoms with Gasteiger partial charge < -0.3 is 10.6 Å². The maximum absolute atomic E-state index is 12.8.